The number of hydrogen-bond acceptors (Lipinski definition) is 3. The molecule has 1 aliphatic heterocycles. The van der Waals surface area contributed by atoms with E-state index in [1.165, 1.54) is 6.07 Å². The predicted molar refractivity (Wildman–Crippen MR) is 97.6 cm³/mol. The Morgan fingerprint density at radius 2 is 1.83 bits per heavy atom. The molecule has 1 saturated heterocycles. The van der Waals surface area contributed by atoms with Crippen LogP contribution in [0.15, 0.2) is 28.7 Å². The molecule has 1 aromatic heterocycles. The molecule has 0 bridgehead atoms. The Balaban J connectivity index is 1.76. The van der Waals surface area contributed by atoms with E-state index >= 15 is 0 Å². The van der Waals surface area contributed by atoms with Crippen LogP contribution < -0.4 is 4.90 Å². The van der Waals surface area contributed by atoms with Crippen LogP contribution in [0.3, 0.4) is 0 Å². The summed E-state index contributed by atoms with van der Waals surface area (Å²) >= 11 is 3.20. The first-order valence-electron chi connectivity index (χ1n) is 8.06. The van der Waals surface area contributed by atoms with E-state index in [1.807, 2.05) is 37.8 Å². The van der Waals surface area contributed by atoms with Gasteiger partial charge < -0.3 is 9.80 Å². The quantitative estimate of drug-likeness (QED) is 0.738. The highest BCUT2D eigenvalue weighted by Gasteiger charge is 2.29. The summed E-state index contributed by atoms with van der Waals surface area (Å²) in [6.45, 7) is 8.67. The maximum atomic E-state index is 13.7. The molecule has 1 aliphatic rings. The lowest BCUT2D eigenvalue weighted by molar-refractivity contribution is -0.139. The number of rotatable bonds is 1. The van der Waals surface area contributed by atoms with Crippen LogP contribution in [-0.2, 0) is 4.79 Å². The molecular weight excluding hydrogens is 373 g/mol. The zero-order valence-electron chi connectivity index (χ0n) is 14.1. The second-order valence-corrected chi connectivity index (χ2v) is 8.01. The molecule has 1 fully saturated rings. The van der Waals surface area contributed by atoms with Gasteiger partial charge in [-0.1, -0.05) is 20.8 Å². The van der Waals surface area contributed by atoms with Gasteiger partial charge in [0.1, 0.15) is 11.6 Å². The number of carbonyl (C=O) groups excluding carboxylic acids is 1. The molecule has 0 radical (unpaired) electrons. The van der Waals surface area contributed by atoms with Crippen LogP contribution in [0.4, 0.5) is 10.2 Å². The fourth-order valence-electron chi connectivity index (χ4n) is 2.90. The molecule has 2 aromatic rings. The third-order valence-corrected chi connectivity index (χ3v) is 4.86. The summed E-state index contributed by atoms with van der Waals surface area (Å²) in [4.78, 5) is 21.0. The smallest absolute Gasteiger partial charge is 0.228 e. The van der Waals surface area contributed by atoms with Crippen molar-refractivity contribution in [3.8, 4) is 0 Å². The van der Waals surface area contributed by atoms with Crippen molar-refractivity contribution in [3.63, 3.8) is 0 Å². The minimum Gasteiger partial charge on any atom is -0.353 e. The maximum Gasteiger partial charge on any atom is 0.228 e. The zero-order chi connectivity index (χ0) is 17.5. The van der Waals surface area contributed by atoms with Crippen molar-refractivity contribution in [2.75, 3.05) is 31.1 Å². The summed E-state index contributed by atoms with van der Waals surface area (Å²) in [6, 6.07) is 7.09. The van der Waals surface area contributed by atoms with Crippen LogP contribution in [-0.4, -0.2) is 42.0 Å². The van der Waals surface area contributed by atoms with Gasteiger partial charge in [0.25, 0.3) is 0 Å². The normalized spacial score (nSPS) is 15.9. The number of piperazine rings is 1. The molecule has 2 heterocycles. The molecule has 0 aliphatic carbocycles. The van der Waals surface area contributed by atoms with Gasteiger partial charge in [-0.25, -0.2) is 9.37 Å². The van der Waals surface area contributed by atoms with Gasteiger partial charge in [0.05, 0.1) is 9.99 Å². The molecule has 0 unspecified atom stereocenters. The minimum absolute atomic E-state index is 0.181. The van der Waals surface area contributed by atoms with Gasteiger partial charge in [0.2, 0.25) is 5.91 Å². The monoisotopic (exact) mass is 393 g/mol. The fraction of sp³-hybridized carbons (Fsp3) is 0.444. The lowest BCUT2D eigenvalue weighted by Crippen LogP contribution is -2.51. The topological polar surface area (TPSA) is 36.4 Å². The van der Waals surface area contributed by atoms with Gasteiger partial charge in [-0.05, 0) is 34.1 Å². The number of anilines is 1. The number of fused-ring (bicyclic) bond motifs is 1. The number of hydrogen-bond donors (Lipinski definition) is 0. The van der Waals surface area contributed by atoms with Gasteiger partial charge in [0.15, 0.2) is 0 Å². The zero-order valence-corrected chi connectivity index (χ0v) is 15.7. The second-order valence-electron chi connectivity index (χ2n) is 7.16. The Bertz CT molecular complexity index is 780. The first-order valence-corrected chi connectivity index (χ1v) is 8.85. The molecule has 3 rings (SSSR count). The first kappa shape index (κ1) is 17.1. The van der Waals surface area contributed by atoms with Crippen LogP contribution >= 0.6 is 15.9 Å². The van der Waals surface area contributed by atoms with E-state index in [4.69, 9.17) is 0 Å². The van der Waals surface area contributed by atoms with Crippen LogP contribution in [0.25, 0.3) is 10.9 Å². The Labute approximate surface area is 149 Å². The molecular formula is C18H21BrFN3O. The number of carbonyl (C=O) groups is 1. The molecule has 0 N–H and O–H groups in total. The van der Waals surface area contributed by atoms with Gasteiger partial charge in [-0.15, -0.1) is 0 Å². The number of aromatic nitrogens is 1. The average molecular weight is 394 g/mol. The van der Waals surface area contributed by atoms with Gasteiger partial charge in [-0.3, -0.25) is 4.79 Å². The average Bonchev–Trinajstić information content (AvgIpc) is 2.54. The van der Waals surface area contributed by atoms with Crippen LogP contribution in [0.2, 0.25) is 0 Å². The Morgan fingerprint density at radius 1 is 1.17 bits per heavy atom. The summed E-state index contributed by atoms with van der Waals surface area (Å²) in [5, 5.41) is 0.897. The number of amides is 1. The number of halogens is 2. The maximum absolute atomic E-state index is 13.7. The van der Waals surface area contributed by atoms with Gasteiger partial charge in [-0.2, -0.15) is 0 Å². The SMILES string of the molecule is CC(C)(C)C(=O)N1CCN(c2ccc3cc(Br)c(F)cc3n2)CC1. The molecule has 4 nitrogen and oxygen atoms in total. The molecule has 1 amide bonds. The minimum atomic E-state index is -0.353. The van der Waals surface area contributed by atoms with E-state index in [0.29, 0.717) is 23.1 Å². The van der Waals surface area contributed by atoms with Crippen molar-refractivity contribution in [2.45, 2.75) is 20.8 Å². The van der Waals surface area contributed by atoms with Crippen molar-refractivity contribution in [3.05, 3.63) is 34.6 Å². The highest BCUT2D eigenvalue weighted by atomic mass is 79.9. The molecule has 128 valence electrons. The molecule has 0 spiro atoms. The molecule has 1 aromatic carbocycles. The van der Waals surface area contributed by atoms with Gasteiger partial charge in [0, 0.05) is 43.0 Å². The lowest BCUT2D eigenvalue weighted by Gasteiger charge is -2.38. The Kier molecular flexibility index (Phi) is 4.51. The third-order valence-electron chi connectivity index (χ3n) is 4.25. The molecule has 6 heteroatoms. The summed E-state index contributed by atoms with van der Waals surface area (Å²) in [5.41, 5.74) is 0.287. The fourth-order valence-corrected chi connectivity index (χ4v) is 3.26. The molecule has 0 saturated carbocycles. The first-order chi connectivity index (χ1) is 11.3. The van der Waals surface area contributed by atoms with E-state index in [2.05, 4.69) is 25.8 Å². The Hall–Kier alpha value is -1.69. The highest BCUT2D eigenvalue weighted by molar-refractivity contribution is 9.10. The summed E-state index contributed by atoms with van der Waals surface area (Å²) < 4.78 is 14.2. The highest BCUT2D eigenvalue weighted by Crippen LogP contribution is 2.25. The van der Waals surface area contributed by atoms with Crippen molar-refractivity contribution >= 4 is 38.6 Å². The van der Waals surface area contributed by atoms with Crippen LogP contribution in [0.1, 0.15) is 20.8 Å². The van der Waals surface area contributed by atoms with E-state index in [9.17, 15) is 9.18 Å². The van der Waals surface area contributed by atoms with E-state index < -0.39 is 0 Å². The lowest BCUT2D eigenvalue weighted by atomic mass is 9.94. The predicted octanol–water partition coefficient (Wildman–Crippen LogP) is 3.83. The Morgan fingerprint density at radius 3 is 2.46 bits per heavy atom. The summed E-state index contributed by atoms with van der Waals surface area (Å²) in [5.74, 6) is 0.695. The molecule has 0 atom stereocenters. The third kappa shape index (κ3) is 3.38. The number of pyridine rings is 1. The van der Waals surface area contributed by atoms with Crippen molar-refractivity contribution in [1.82, 2.24) is 9.88 Å². The summed E-state index contributed by atoms with van der Waals surface area (Å²) in [6.07, 6.45) is 0. The van der Waals surface area contributed by atoms with Crippen molar-refractivity contribution in [2.24, 2.45) is 5.41 Å². The van der Waals surface area contributed by atoms with Crippen LogP contribution in [0.5, 0.6) is 0 Å². The van der Waals surface area contributed by atoms with E-state index in [-0.39, 0.29) is 17.1 Å². The molecule has 24 heavy (non-hydrogen) atoms. The van der Waals surface area contributed by atoms with Crippen molar-refractivity contribution < 1.29 is 9.18 Å². The standard InChI is InChI=1S/C18H21BrFN3O/c1-18(2,3)17(24)23-8-6-22(7-9-23)16-5-4-12-10-13(19)14(20)11-15(12)21-16/h4-5,10-11H,6-9H2,1-3H3. The number of nitrogens with zero attached hydrogens (tertiary/aromatic N) is 3. The van der Waals surface area contributed by atoms with E-state index in [1.54, 1.807) is 6.07 Å². The largest absolute Gasteiger partial charge is 0.353 e. The second kappa shape index (κ2) is 6.31. The van der Waals surface area contributed by atoms with Crippen LogP contribution in [0, 0.1) is 11.2 Å². The van der Waals surface area contributed by atoms with E-state index in [0.717, 1.165) is 24.3 Å². The van der Waals surface area contributed by atoms with Crippen molar-refractivity contribution in [1.29, 1.82) is 0 Å². The summed E-state index contributed by atoms with van der Waals surface area (Å²) in [7, 11) is 0. The van der Waals surface area contributed by atoms with Gasteiger partial charge >= 0.3 is 0 Å². The number of benzene rings is 1.